The number of aromatic nitrogens is 1. The molecule has 0 fully saturated rings. The fourth-order valence-electron chi connectivity index (χ4n) is 1.54. The maximum Gasteiger partial charge on any atom is 0.323 e. The minimum Gasteiger partial charge on any atom is -0.373 e. The fraction of sp³-hybridized carbons (Fsp3) is 0.0714. The second-order valence-corrected chi connectivity index (χ2v) is 3.95. The average Bonchev–Trinajstić information content (AvgIpc) is 2.49. The summed E-state index contributed by atoms with van der Waals surface area (Å²) in [6.07, 6.45) is 1.56. The molecule has 1 aromatic carbocycles. The molecule has 2 aromatic rings. The quantitative estimate of drug-likeness (QED) is 0.797. The van der Waals surface area contributed by atoms with Crippen LogP contribution in [0.4, 0.5) is 22.0 Å². The summed E-state index contributed by atoms with van der Waals surface area (Å²) < 4.78 is 0. The molecule has 1 aromatic heterocycles. The Morgan fingerprint density at radius 2 is 1.75 bits per heavy atom. The highest BCUT2D eigenvalue weighted by molar-refractivity contribution is 5.99. The van der Waals surface area contributed by atoms with Gasteiger partial charge in [-0.25, -0.2) is 9.78 Å². The second-order valence-electron chi connectivity index (χ2n) is 3.95. The highest BCUT2D eigenvalue weighted by Crippen LogP contribution is 2.11. The third kappa shape index (κ3) is 3.46. The van der Waals surface area contributed by atoms with Crippen molar-refractivity contribution in [2.75, 3.05) is 23.0 Å². The topological polar surface area (TPSA) is 89.8 Å². The van der Waals surface area contributed by atoms with E-state index in [1.54, 1.807) is 49.6 Å². The van der Waals surface area contributed by atoms with E-state index in [1.165, 1.54) is 0 Å². The number of rotatable bonds is 3. The van der Waals surface area contributed by atoms with Gasteiger partial charge in [0.05, 0.1) is 23.5 Å². The van der Waals surface area contributed by atoms with Crippen LogP contribution in [0.5, 0.6) is 0 Å². The van der Waals surface area contributed by atoms with Gasteiger partial charge in [-0.05, 0) is 36.4 Å². The van der Waals surface area contributed by atoms with Crippen molar-refractivity contribution in [2.24, 2.45) is 0 Å². The van der Waals surface area contributed by atoms with E-state index in [4.69, 9.17) is 5.26 Å². The summed E-state index contributed by atoms with van der Waals surface area (Å²) >= 11 is 0. The molecule has 0 aliphatic rings. The van der Waals surface area contributed by atoms with Crippen LogP contribution < -0.4 is 16.0 Å². The molecule has 2 amide bonds. The van der Waals surface area contributed by atoms with Gasteiger partial charge in [-0.3, -0.25) is 0 Å². The minimum atomic E-state index is -0.367. The summed E-state index contributed by atoms with van der Waals surface area (Å²) in [6.45, 7) is 0. The number of amides is 2. The van der Waals surface area contributed by atoms with Crippen molar-refractivity contribution in [3.05, 3.63) is 48.2 Å². The minimum absolute atomic E-state index is 0.367. The van der Waals surface area contributed by atoms with E-state index in [0.29, 0.717) is 16.9 Å². The van der Waals surface area contributed by atoms with E-state index < -0.39 is 0 Å². The maximum absolute atomic E-state index is 11.8. The molecule has 0 aliphatic heterocycles. The van der Waals surface area contributed by atoms with Crippen molar-refractivity contribution < 1.29 is 4.79 Å². The average molecular weight is 267 g/mol. The molecule has 6 nitrogen and oxygen atoms in total. The highest BCUT2D eigenvalue weighted by Gasteiger charge is 2.03. The molecule has 0 atom stereocenters. The Labute approximate surface area is 116 Å². The van der Waals surface area contributed by atoms with Gasteiger partial charge in [0.25, 0.3) is 0 Å². The van der Waals surface area contributed by atoms with Gasteiger partial charge < -0.3 is 16.0 Å². The molecular formula is C14H13N5O. The predicted octanol–water partition coefficient (Wildman–Crippen LogP) is 2.64. The lowest BCUT2D eigenvalue weighted by Crippen LogP contribution is -2.19. The van der Waals surface area contributed by atoms with Crippen molar-refractivity contribution >= 4 is 23.2 Å². The first-order valence-corrected chi connectivity index (χ1v) is 5.93. The molecule has 0 bridgehead atoms. The van der Waals surface area contributed by atoms with Crippen LogP contribution in [0.15, 0.2) is 42.6 Å². The molecule has 0 saturated heterocycles. The molecular weight excluding hydrogens is 254 g/mol. The number of hydrogen-bond acceptors (Lipinski definition) is 4. The first kappa shape index (κ1) is 13.4. The Kier molecular flexibility index (Phi) is 4.14. The van der Waals surface area contributed by atoms with Crippen molar-refractivity contribution in [1.29, 1.82) is 5.26 Å². The van der Waals surface area contributed by atoms with Crippen LogP contribution in [-0.2, 0) is 0 Å². The lowest BCUT2D eigenvalue weighted by atomic mass is 10.2. The van der Waals surface area contributed by atoms with Crippen LogP contribution in [0.2, 0.25) is 0 Å². The van der Waals surface area contributed by atoms with Crippen LogP contribution in [0.1, 0.15) is 5.56 Å². The van der Waals surface area contributed by atoms with E-state index in [0.717, 1.165) is 5.82 Å². The summed E-state index contributed by atoms with van der Waals surface area (Å²) in [4.78, 5) is 15.9. The number of nitrogens with zero attached hydrogens (tertiary/aromatic N) is 2. The number of nitrogens with one attached hydrogen (secondary N) is 3. The molecule has 0 aliphatic carbocycles. The Hall–Kier alpha value is -3.07. The molecule has 2 rings (SSSR count). The molecule has 0 unspecified atom stereocenters. The van der Waals surface area contributed by atoms with Gasteiger partial charge in [-0.1, -0.05) is 0 Å². The third-order valence-corrected chi connectivity index (χ3v) is 2.55. The first-order valence-electron chi connectivity index (χ1n) is 5.93. The zero-order valence-electron chi connectivity index (χ0n) is 10.8. The molecule has 0 saturated carbocycles. The van der Waals surface area contributed by atoms with Crippen molar-refractivity contribution in [3.8, 4) is 6.07 Å². The Balaban J connectivity index is 1.95. The van der Waals surface area contributed by atoms with Gasteiger partial charge in [0.1, 0.15) is 5.82 Å². The number of urea groups is 1. The molecule has 0 spiro atoms. The number of hydrogen-bond donors (Lipinski definition) is 3. The van der Waals surface area contributed by atoms with Gasteiger partial charge in [0.15, 0.2) is 0 Å². The Morgan fingerprint density at radius 3 is 2.30 bits per heavy atom. The molecule has 0 radical (unpaired) electrons. The monoisotopic (exact) mass is 267 g/mol. The van der Waals surface area contributed by atoms with Crippen LogP contribution >= 0.6 is 0 Å². The predicted molar refractivity (Wildman–Crippen MR) is 77.6 cm³/mol. The molecule has 100 valence electrons. The van der Waals surface area contributed by atoms with Gasteiger partial charge in [-0.15, -0.1) is 0 Å². The molecule has 6 heteroatoms. The van der Waals surface area contributed by atoms with E-state index in [1.807, 2.05) is 6.07 Å². The van der Waals surface area contributed by atoms with E-state index in [-0.39, 0.29) is 6.03 Å². The van der Waals surface area contributed by atoms with E-state index >= 15 is 0 Å². The normalized spacial score (nSPS) is 9.40. The van der Waals surface area contributed by atoms with Gasteiger partial charge >= 0.3 is 6.03 Å². The van der Waals surface area contributed by atoms with Crippen molar-refractivity contribution in [1.82, 2.24) is 4.98 Å². The molecule has 20 heavy (non-hydrogen) atoms. The molecule has 1 heterocycles. The number of carbonyl (C=O) groups is 1. The molecule has 3 N–H and O–H groups in total. The van der Waals surface area contributed by atoms with Crippen LogP contribution in [0.25, 0.3) is 0 Å². The number of pyridine rings is 1. The summed E-state index contributed by atoms with van der Waals surface area (Å²) in [5.74, 6) is 0.725. The second kappa shape index (κ2) is 6.20. The lowest BCUT2D eigenvalue weighted by molar-refractivity contribution is 0.262. The van der Waals surface area contributed by atoms with Gasteiger partial charge in [-0.2, -0.15) is 5.26 Å². The zero-order chi connectivity index (χ0) is 14.4. The third-order valence-electron chi connectivity index (χ3n) is 2.55. The number of nitriles is 1. The highest BCUT2D eigenvalue weighted by atomic mass is 16.2. The van der Waals surface area contributed by atoms with Crippen molar-refractivity contribution in [3.63, 3.8) is 0 Å². The van der Waals surface area contributed by atoms with Gasteiger partial charge in [0, 0.05) is 12.7 Å². The number of anilines is 3. The largest absolute Gasteiger partial charge is 0.373 e. The van der Waals surface area contributed by atoms with Crippen molar-refractivity contribution in [2.45, 2.75) is 0 Å². The summed E-state index contributed by atoms with van der Waals surface area (Å²) in [7, 11) is 1.77. The summed E-state index contributed by atoms with van der Waals surface area (Å²) in [5.41, 5.74) is 1.75. The summed E-state index contributed by atoms with van der Waals surface area (Å²) in [5, 5.41) is 16.9. The van der Waals surface area contributed by atoms with Crippen LogP contribution in [0.3, 0.4) is 0 Å². The Morgan fingerprint density at radius 1 is 1.10 bits per heavy atom. The van der Waals surface area contributed by atoms with E-state index in [2.05, 4.69) is 20.9 Å². The van der Waals surface area contributed by atoms with E-state index in [9.17, 15) is 4.79 Å². The summed E-state index contributed by atoms with van der Waals surface area (Å²) in [6, 6.07) is 11.8. The SMILES string of the molecule is CNc1ccc(NC(=O)Nc2ccc(C#N)cc2)cn1. The fourth-order valence-corrected chi connectivity index (χ4v) is 1.54. The first-order chi connectivity index (χ1) is 9.71. The number of carbonyl (C=O) groups excluding carboxylic acids is 1. The standard InChI is InChI=1S/C14H13N5O/c1-16-13-7-6-12(9-17-13)19-14(20)18-11-4-2-10(8-15)3-5-11/h2-7,9H,1H3,(H,16,17)(H2,18,19,20). The van der Waals surface area contributed by atoms with Gasteiger partial charge in [0.2, 0.25) is 0 Å². The lowest BCUT2D eigenvalue weighted by Gasteiger charge is -2.08. The maximum atomic E-state index is 11.8. The van der Waals surface area contributed by atoms with Crippen LogP contribution in [0, 0.1) is 11.3 Å². The Bertz CT molecular complexity index is 628. The zero-order valence-corrected chi connectivity index (χ0v) is 10.8. The van der Waals surface area contributed by atoms with Crippen LogP contribution in [-0.4, -0.2) is 18.1 Å². The smallest absolute Gasteiger partial charge is 0.323 e. The number of benzene rings is 1.